The molecule has 0 aromatic heterocycles. The molecular formula is C27H32BrN3O4S. The molecule has 0 saturated heterocycles. The number of benzene rings is 3. The van der Waals surface area contributed by atoms with Gasteiger partial charge in [-0.2, -0.15) is 4.31 Å². The number of amides is 2. The summed E-state index contributed by atoms with van der Waals surface area (Å²) in [5.74, 6) is -0.491. The minimum Gasteiger partial charge on any atom is -0.354 e. The van der Waals surface area contributed by atoms with Crippen LogP contribution in [0.4, 0.5) is 0 Å². The van der Waals surface area contributed by atoms with Crippen molar-refractivity contribution in [2.24, 2.45) is 5.92 Å². The molecule has 2 amide bonds. The van der Waals surface area contributed by atoms with Crippen molar-refractivity contribution < 1.29 is 18.0 Å². The average molecular weight is 575 g/mol. The first kappa shape index (κ1) is 27.8. The van der Waals surface area contributed by atoms with Gasteiger partial charge < -0.3 is 10.2 Å². The van der Waals surface area contributed by atoms with Gasteiger partial charge in [-0.1, -0.05) is 72.2 Å². The van der Waals surface area contributed by atoms with E-state index >= 15 is 0 Å². The molecule has 0 bridgehead atoms. The first-order chi connectivity index (χ1) is 17.0. The Kier molecular flexibility index (Phi) is 9.27. The maximum atomic E-state index is 13.4. The van der Waals surface area contributed by atoms with E-state index in [0.717, 1.165) is 25.1 Å². The minimum atomic E-state index is -3.93. The normalized spacial score (nSPS) is 12.6. The molecule has 9 heteroatoms. The van der Waals surface area contributed by atoms with E-state index in [-0.39, 0.29) is 23.3 Å². The largest absolute Gasteiger partial charge is 0.354 e. The molecule has 0 aliphatic rings. The number of likely N-dealkylation sites (N-methyl/N-ethyl adjacent to an activating group) is 1. The molecule has 3 aromatic rings. The van der Waals surface area contributed by atoms with Crippen LogP contribution in [0.25, 0.3) is 10.8 Å². The van der Waals surface area contributed by atoms with Crippen LogP contribution in [0.2, 0.25) is 0 Å². The standard InChI is InChI=1S/C27H32BrN3O4S/c1-19(2)16-29-27(33)20(3)31(17-21-8-7-11-24(28)14-21)26(32)18-30(4)36(34,35)25-13-12-22-9-5-6-10-23(22)15-25/h5-15,19-20H,16-18H2,1-4H3,(H,29,33)/t20-/m0/s1. The third-order valence-corrected chi connectivity index (χ3v) is 8.17. The van der Waals surface area contributed by atoms with Gasteiger partial charge in [0.2, 0.25) is 21.8 Å². The summed E-state index contributed by atoms with van der Waals surface area (Å²) in [7, 11) is -2.55. The monoisotopic (exact) mass is 573 g/mol. The Balaban J connectivity index is 1.83. The van der Waals surface area contributed by atoms with E-state index < -0.39 is 28.5 Å². The highest BCUT2D eigenvalue weighted by molar-refractivity contribution is 9.10. The Hall–Kier alpha value is -2.75. The number of hydrogen-bond donors (Lipinski definition) is 1. The third kappa shape index (κ3) is 6.93. The molecule has 3 aromatic carbocycles. The van der Waals surface area contributed by atoms with Crippen LogP contribution in [-0.4, -0.2) is 55.6 Å². The van der Waals surface area contributed by atoms with Crippen molar-refractivity contribution in [2.45, 2.75) is 38.3 Å². The molecular weight excluding hydrogens is 542 g/mol. The average Bonchev–Trinajstić information content (AvgIpc) is 2.84. The summed E-state index contributed by atoms with van der Waals surface area (Å²) in [4.78, 5) is 27.8. The molecule has 0 aliphatic heterocycles. The first-order valence-electron chi connectivity index (χ1n) is 11.8. The van der Waals surface area contributed by atoms with Gasteiger partial charge in [0.15, 0.2) is 0 Å². The van der Waals surface area contributed by atoms with E-state index in [1.54, 1.807) is 25.1 Å². The van der Waals surface area contributed by atoms with Gasteiger partial charge in [0.05, 0.1) is 11.4 Å². The number of nitrogens with one attached hydrogen (secondary N) is 1. The van der Waals surface area contributed by atoms with Crippen LogP contribution >= 0.6 is 15.9 Å². The molecule has 0 spiro atoms. The maximum Gasteiger partial charge on any atom is 0.243 e. The van der Waals surface area contributed by atoms with E-state index in [0.29, 0.717) is 6.54 Å². The van der Waals surface area contributed by atoms with Crippen LogP contribution in [0.1, 0.15) is 26.3 Å². The SMILES string of the molecule is CC(C)CNC(=O)[C@H](C)N(Cc1cccc(Br)c1)C(=O)CN(C)S(=O)(=O)c1ccc2ccccc2c1. The van der Waals surface area contributed by atoms with Crippen LogP contribution < -0.4 is 5.32 Å². The lowest BCUT2D eigenvalue weighted by Gasteiger charge is -2.30. The van der Waals surface area contributed by atoms with Crippen molar-refractivity contribution in [1.29, 1.82) is 0 Å². The Morgan fingerprint density at radius 2 is 1.64 bits per heavy atom. The van der Waals surface area contributed by atoms with Gasteiger partial charge in [-0.05, 0) is 53.4 Å². The van der Waals surface area contributed by atoms with Crippen LogP contribution in [0.5, 0.6) is 0 Å². The molecule has 0 heterocycles. The summed E-state index contributed by atoms with van der Waals surface area (Å²) in [5.41, 5.74) is 0.821. The van der Waals surface area contributed by atoms with Gasteiger partial charge in [-0.3, -0.25) is 9.59 Å². The van der Waals surface area contributed by atoms with Crippen LogP contribution in [0, 0.1) is 5.92 Å². The quantitative estimate of drug-likeness (QED) is 0.389. The summed E-state index contributed by atoms with van der Waals surface area (Å²) >= 11 is 3.43. The highest BCUT2D eigenvalue weighted by Gasteiger charge is 2.30. The molecule has 0 unspecified atom stereocenters. The van der Waals surface area contributed by atoms with Crippen molar-refractivity contribution >= 4 is 48.5 Å². The van der Waals surface area contributed by atoms with E-state index in [1.165, 1.54) is 11.9 Å². The van der Waals surface area contributed by atoms with Gasteiger partial charge in [0.1, 0.15) is 6.04 Å². The van der Waals surface area contributed by atoms with Crippen LogP contribution in [-0.2, 0) is 26.2 Å². The fourth-order valence-electron chi connectivity index (χ4n) is 3.74. The zero-order valence-electron chi connectivity index (χ0n) is 20.9. The molecule has 192 valence electrons. The number of fused-ring (bicyclic) bond motifs is 1. The zero-order valence-corrected chi connectivity index (χ0v) is 23.3. The molecule has 0 radical (unpaired) electrons. The Morgan fingerprint density at radius 1 is 0.944 bits per heavy atom. The topological polar surface area (TPSA) is 86.8 Å². The number of nitrogens with zero attached hydrogens (tertiary/aromatic N) is 2. The summed E-state index contributed by atoms with van der Waals surface area (Å²) < 4.78 is 28.5. The second-order valence-corrected chi connectivity index (χ2v) is 12.2. The number of carbonyl (C=O) groups is 2. The van der Waals surface area contributed by atoms with E-state index in [9.17, 15) is 18.0 Å². The van der Waals surface area contributed by atoms with Gasteiger partial charge in [-0.15, -0.1) is 0 Å². The Labute approximate surface area is 221 Å². The second-order valence-electron chi connectivity index (χ2n) is 9.24. The van der Waals surface area contributed by atoms with Crippen LogP contribution in [0.3, 0.4) is 0 Å². The van der Waals surface area contributed by atoms with E-state index in [1.807, 2.05) is 62.4 Å². The van der Waals surface area contributed by atoms with E-state index in [4.69, 9.17) is 0 Å². The number of rotatable bonds is 10. The predicted molar refractivity (Wildman–Crippen MR) is 146 cm³/mol. The zero-order chi connectivity index (χ0) is 26.5. The van der Waals surface area contributed by atoms with Crippen molar-refractivity contribution in [1.82, 2.24) is 14.5 Å². The van der Waals surface area contributed by atoms with Gasteiger partial charge in [0.25, 0.3) is 0 Å². The fraction of sp³-hybridized carbons (Fsp3) is 0.333. The number of halogens is 1. The smallest absolute Gasteiger partial charge is 0.243 e. The summed E-state index contributed by atoms with van der Waals surface area (Å²) in [6, 6.07) is 19.0. The molecule has 1 atom stereocenters. The summed E-state index contributed by atoms with van der Waals surface area (Å²) in [6.45, 7) is 5.88. The van der Waals surface area contributed by atoms with E-state index in [2.05, 4.69) is 21.2 Å². The maximum absolute atomic E-state index is 13.4. The Bertz CT molecular complexity index is 1340. The lowest BCUT2D eigenvalue weighted by Crippen LogP contribution is -2.51. The minimum absolute atomic E-state index is 0.109. The number of hydrogen-bond acceptors (Lipinski definition) is 4. The Morgan fingerprint density at radius 3 is 2.31 bits per heavy atom. The molecule has 0 saturated carbocycles. The van der Waals surface area contributed by atoms with Crippen LogP contribution in [0.15, 0.2) is 76.1 Å². The second kappa shape index (κ2) is 12.0. The fourth-order valence-corrected chi connectivity index (χ4v) is 5.34. The first-order valence-corrected chi connectivity index (χ1v) is 14.0. The van der Waals surface area contributed by atoms with Crippen molar-refractivity contribution in [3.63, 3.8) is 0 Å². The lowest BCUT2D eigenvalue weighted by atomic mass is 10.1. The highest BCUT2D eigenvalue weighted by atomic mass is 79.9. The predicted octanol–water partition coefficient (Wildman–Crippen LogP) is 4.41. The summed E-state index contributed by atoms with van der Waals surface area (Å²) in [6.07, 6.45) is 0. The lowest BCUT2D eigenvalue weighted by molar-refractivity contribution is -0.140. The molecule has 0 fully saturated rings. The molecule has 36 heavy (non-hydrogen) atoms. The van der Waals surface area contributed by atoms with Crippen molar-refractivity contribution in [3.05, 3.63) is 76.8 Å². The van der Waals surface area contributed by atoms with Gasteiger partial charge in [0, 0.05) is 24.6 Å². The molecule has 0 aliphatic carbocycles. The number of carbonyl (C=O) groups excluding carboxylic acids is 2. The molecule has 3 rings (SSSR count). The van der Waals surface area contributed by atoms with Crippen molar-refractivity contribution in [2.75, 3.05) is 20.1 Å². The van der Waals surface area contributed by atoms with Gasteiger partial charge >= 0.3 is 0 Å². The highest BCUT2D eigenvalue weighted by Crippen LogP contribution is 2.22. The molecule has 1 N–H and O–H groups in total. The molecule has 7 nitrogen and oxygen atoms in total. The van der Waals surface area contributed by atoms with Crippen molar-refractivity contribution in [3.8, 4) is 0 Å². The third-order valence-electron chi connectivity index (χ3n) is 5.88. The van der Waals surface area contributed by atoms with Gasteiger partial charge in [-0.25, -0.2) is 8.42 Å². The number of sulfonamides is 1. The summed E-state index contributed by atoms with van der Waals surface area (Å²) in [5, 5.41) is 4.59.